The molecule has 0 spiro atoms. The summed E-state index contributed by atoms with van der Waals surface area (Å²) in [6, 6.07) is 7.97. The lowest BCUT2D eigenvalue weighted by molar-refractivity contribution is -0.138. The summed E-state index contributed by atoms with van der Waals surface area (Å²) in [7, 11) is 0. The molecule has 1 N–H and O–H groups in total. The van der Waals surface area contributed by atoms with Crippen molar-refractivity contribution in [1.29, 1.82) is 5.26 Å². The van der Waals surface area contributed by atoms with E-state index in [4.69, 9.17) is 14.7 Å². The zero-order chi connectivity index (χ0) is 41.1. The molecule has 2 aromatic rings. The number of carbonyl (C=O) groups is 4. The summed E-state index contributed by atoms with van der Waals surface area (Å²) >= 11 is 1.27. The van der Waals surface area contributed by atoms with Gasteiger partial charge in [0.05, 0.1) is 48.1 Å². The van der Waals surface area contributed by atoms with Crippen LogP contribution in [0.25, 0.3) is 0 Å². The Hall–Kier alpha value is -4.24. The maximum atomic E-state index is 13.6. The lowest BCUT2D eigenvalue weighted by Crippen LogP contribution is -2.57. The van der Waals surface area contributed by atoms with E-state index in [1.165, 1.54) is 28.4 Å². The van der Waals surface area contributed by atoms with Crippen LogP contribution in [0.4, 0.5) is 23.7 Å². The zero-order valence-corrected chi connectivity index (χ0v) is 33.5. The lowest BCUT2D eigenvalue weighted by Gasteiger charge is -2.44. The number of carbonyl (C=O) groups excluding carboxylic acids is 4. The number of nitriles is 1. The molecule has 4 heterocycles. The Bertz CT molecular complexity index is 1850. The van der Waals surface area contributed by atoms with Crippen molar-refractivity contribution in [3.8, 4) is 11.9 Å². The highest BCUT2D eigenvalue weighted by molar-refractivity contribution is 7.98. The number of ether oxygens (including phenoxy) is 2. The Labute approximate surface area is 335 Å². The van der Waals surface area contributed by atoms with Crippen LogP contribution < -0.4 is 15.0 Å². The van der Waals surface area contributed by atoms with Crippen LogP contribution in [0.2, 0.25) is 0 Å². The van der Waals surface area contributed by atoms with Crippen molar-refractivity contribution in [3.63, 3.8) is 0 Å². The molecule has 5 amide bonds. The molecule has 0 radical (unpaired) electrons. The first kappa shape index (κ1) is 42.4. The first-order chi connectivity index (χ1) is 27.1. The average molecular weight is 814 g/mol. The number of nitrogens with zero attached hydrogens (tertiary/aromatic N) is 6. The molecule has 4 fully saturated rings. The van der Waals surface area contributed by atoms with E-state index in [0.29, 0.717) is 50.1 Å². The van der Waals surface area contributed by atoms with Gasteiger partial charge in [0.15, 0.2) is 0 Å². The highest BCUT2D eigenvalue weighted by atomic mass is 32.2. The molecule has 17 heteroatoms. The van der Waals surface area contributed by atoms with Crippen LogP contribution in [0.1, 0.15) is 95.2 Å². The number of nitrogens with one attached hydrogen (secondary N) is 1. The number of anilines is 1. The van der Waals surface area contributed by atoms with Crippen LogP contribution in [-0.4, -0.2) is 111 Å². The number of hydrogen-bond acceptors (Lipinski definition) is 11. The molecule has 1 saturated carbocycles. The molecule has 1 unspecified atom stereocenters. The predicted octanol–water partition coefficient (Wildman–Crippen LogP) is 5.88. The van der Waals surface area contributed by atoms with E-state index in [1.807, 2.05) is 0 Å². The molecular formula is C40H50F3N7O6S. The predicted molar refractivity (Wildman–Crippen MR) is 206 cm³/mol. The van der Waals surface area contributed by atoms with Crippen molar-refractivity contribution in [2.24, 2.45) is 0 Å². The van der Waals surface area contributed by atoms with Crippen molar-refractivity contribution in [2.75, 3.05) is 44.3 Å². The minimum Gasteiger partial charge on any atom is -0.478 e. The third-order valence-electron chi connectivity index (χ3n) is 11.3. The first-order valence-electron chi connectivity index (χ1n) is 19.6. The Morgan fingerprint density at radius 1 is 0.982 bits per heavy atom. The first-order valence-corrected chi connectivity index (χ1v) is 20.4. The molecule has 1 aliphatic carbocycles. The van der Waals surface area contributed by atoms with Gasteiger partial charge in [-0.3, -0.25) is 33.8 Å². The minimum atomic E-state index is -4.82. The van der Waals surface area contributed by atoms with E-state index in [-0.39, 0.29) is 34.8 Å². The molecule has 3 aliphatic heterocycles. The molecule has 57 heavy (non-hydrogen) atoms. The van der Waals surface area contributed by atoms with Crippen molar-refractivity contribution >= 4 is 41.4 Å². The number of amides is 5. The monoisotopic (exact) mass is 813 g/mol. The number of piperazine rings is 1. The molecular weight excluding hydrogens is 764 g/mol. The SMILES string of the molecule is C[C@@H]1CN(CCOC2CCC(SN3C(=O)N(c4ccc(C#N)c(C(F)(F)F)c4)C(=O)C3(C)C)CC2)C[C@H](C)N1CCCOc1cc(C2CCC(=O)NC2=O)ccn1. The van der Waals surface area contributed by atoms with Crippen LogP contribution in [0.3, 0.4) is 0 Å². The van der Waals surface area contributed by atoms with Gasteiger partial charge >= 0.3 is 12.2 Å². The Balaban J connectivity index is 0.899. The summed E-state index contributed by atoms with van der Waals surface area (Å²) in [5.74, 6) is -1.06. The Morgan fingerprint density at radius 2 is 1.70 bits per heavy atom. The van der Waals surface area contributed by atoms with Gasteiger partial charge in [-0.1, -0.05) is 0 Å². The summed E-state index contributed by atoms with van der Waals surface area (Å²) in [6.07, 6.45) is 1.61. The molecule has 13 nitrogen and oxygen atoms in total. The molecule has 4 aliphatic rings. The number of urea groups is 1. The Kier molecular flexibility index (Phi) is 13.2. The maximum Gasteiger partial charge on any atom is 0.417 e. The molecule has 3 saturated heterocycles. The fraction of sp³-hybridized carbons (Fsp3) is 0.600. The number of aromatic nitrogens is 1. The van der Waals surface area contributed by atoms with Crippen molar-refractivity contribution in [1.82, 2.24) is 24.4 Å². The lowest BCUT2D eigenvalue weighted by atomic mass is 9.91. The van der Waals surface area contributed by atoms with Crippen LogP contribution in [-0.2, 0) is 25.3 Å². The standard InChI is InChI=1S/C40H50F3N7O6S/c1-25-23-47(24-26(2)48(25)16-5-18-56-35-20-27(14-15-45-35)32-12-13-34(51)46-36(32)52)17-19-55-30-8-10-31(11-9-30)57-50-38(54)49(37(53)39(50,3)4)29-7-6-28(22-44)33(21-29)40(41,42)43/h6-7,14-15,20-21,25-26,30-32H,5,8-13,16-19,23-24H2,1-4H3,(H,46,51,52)/t25-,26+,30?,31?,32?. The van der Waals surface area contributed by atoms with Gasteiger partial charge in [-0.2, -0.15) is 18.4 Å². The van der Waals surface area contributed by atoms with Gasteiger partial charge in [-0.05, 0) is 108 Å². The highest BCUT2D eigenvalue weighted by Crippen LogP contribution is 2.43. The number of alkyl halides is 3. The molecule has 0 bridgehead atoms. The third-order valence-corrected chi connectivity index (χ3v) is 12.9. The second-order valence-corrected chi connectivity index (χ2v) is 17.1. The van der Waals surface area contributed by atoms with Gasteiger partial charge in [0.25, 0.3) is 5.91 Å². The van der Waals surface area contributed by atoms with E-state index < -0.39 is 34.8 Å². The van der Waals surface area contributed by atoms with E-state index in [1.54, 1.807) is 32.2 Å². The second kappa shape index (κ2) is 17.7. The molecule has 1 aromatic heterocycles. The molecule has 1 aromatic carbocycles. The van der Waals surface area contributed by atoms with Gasteiger partial charge in [0.1, 0.15) is 5.54 Å². The van der Waals surface area contributed by atoms with Crippen LogP contribution in [0.5, 0.6) is 5.88 Å². The van der Waals surface area contributed by atoms with Gasteiger partial charge in [-0.25, -0.2) is 14.7 Å². The minimum absolute atomic E-state index is 0.0342. The van der Waals surface area contributed by atoms with E-state index >= 15 is 0 Å². The number of rotatable bonds is 13. The van der Waals surface area contributed by atoms with Crippen molar-refractivity contribution in [3.05, 3.63) is 53.2 Å². The fourth-order valence-corrected chi connectivity index (χ4v) is 9.53. The summed E-state index contributed by atoms with van der Waals surface area (Å²) < 4.78 is 54.6. The van der Waals surface area contributed by atoms with Gasteiger partial charge in [0, 0.05) is 62.2 Å². The van der Waals surface area contributed by atoms with E-state index in [9.17, 15) is 32.3 Å². The third kappa shape index (κ3) is 9.73. The van der Waals surface area contributed by atoms with Gasteiger partial charge < -0.3 is 9.47 Å². The number of pyridine rings is 1. The maximum absolute atomic E-state index is 13.6. The van der Waals surface area contributed by atoms with Crippen LogP contribution in [0, 0.1) is 11.3 Å². The van der Waals surface area contributed by atoms with Crippen molar-refractivity contribution < 1.29 is 41.8 Å². The summed E-state index contributed by atoms with van der Waals surface area (Å²) in [6.45, 7) is 12.3. The van der Waals surface area contributed by atoms with Gasteiger partial charge in [-0.15, -0.1) is 0 Å². The quantitative estimate of drug-likeness (QED) is 0.112. The number of benzene rings is 1. The summed E-state index contributed by atoms with van der Waals surface area (Å²) in [5, 5.41) is 11.6. The normalized spacial score (nSPS) is 26.1. The topological polar surface area (TPSA) is 148 Å². The van der Waals surface area contributed by atoms with Crippen LogP contribution >= 0.6 is 11.9 Å². The number of imide groups is 2. The fourth-order valence-electron chi connectivity index (χ4n) is 8.23. The number of halogens is 3. The number of hydrogen-bond donors (Lipinski definition) is 1. The largest absolute Gasteiger partial charge is 0.478 e. The summed E-state index contributed by atoms with van der Waals surface area (Å²) in [4.78, 5) is 60.7. The van der Waals surface area contributed by atoms with Gasteiger partial charge in [0.2, 0.25) is 17.7 Å². The average Bonchev–Trinajstić information content (AvgIpc) is 3.32. The van der Waals surface area contributed by atoms with E-state index in [0.717, 1.165) is 74.8 Å². The zero-order valence-electron chi connectivity index (χ0n) is 32.7. The summed E-state index contributed by atoms with van der Waals surface area (Å²) in [5.41, 5.74) is -2.47. The Morgan fingerprint density at radius 3 is 2.37 bits per heavy atom. The molecule has 3 atom stereocenters. The highest BCUT2D eigenvalue weighted by Gasteiger charge is 2.53. The smallest absolute Gasteiger partial charge is 0.417 e. The number of piperidine rings is 1. The van der Waals surface area contributed by atoms with E-state index in [2.05, 4.69) is 33.9 Å². The molecule has 308 valence electrons. The van der Waals surface area contributed by atoms with Crippen molar-refractivity contribution in [2.45, 2.75) is 114 Å². The molecule has 6 rings (SSSR count). The second-order valence-electron chi connectivity index (χ2n) is 15.8. The van der Waals surface area contributed by atoms with Crippen LogP contribution in [0.15, 0.2) is 36.5 Å².